The summed E-state index contributed by atoms with van der Waals surface area (Å²) in [5.41, 5.74) is -1.92. The highest BCUT2D eigenvalue weighted by Crippen LogP contribution is 2.33. The van der Waals surface area contributed by atoms with Gasteiger partial charge >= 0.3 is 12.1 Å². The van der Waals surface area contributed by atoms with Crippen molar-refractivity contribution in [3.05, 3.63) is 59.2 Å². The van der Waals surface area contributed by atoms with Crippen molar-refractivity contribution in [1.29, 1.82) is 0 Å². The molecule has 0 aromatic heterocycles. The molecule has 1 N–H and O–H groups in total. The number of hydrogen-bond donors (Lipinski definition) is 1. The first kappa shape index (κ1) is 15.0. The van der Waals surface area contributed by atoms with E-state index in [0.29, 0.717) is 12.1 Å². The fourth-order valence-corrected chi connectivity index (χ4v) is 1.79. The summed E-state index contributed by atoms with van der Waals surface area (Å²) in [6.07, 6.45) is -4.82. The minimum atomic E-state index is -4.82. The van der Waals surface area contributed by atoms with Crippen molar-refractivity contribution in [2.75, 3.05) is 0 Å². The number of carbonyl (C=O) groups is 1. The number of hydrogen-bond acceptors (Lipinski definition) is 1. The van der Waals surface area contributed by atoms with Crippen LogP contribution in [0.2, 0.25) is 0 Å². The highest BCUT2D eigenvalue weighted by Gasteiger charge is 2.33. The Morgan fingerprint density at radius 1 is 0.905 bits per heavy atom. The van der Waals surface area contributed by atoms with Crippen molar-refractivity contribution in [1.82, 2.24) is 0 Å². The molecule has 0 aliphatic carbocycles. The molecule has 0 radical (unpaired) electrons. The van der Waals surface area contributed by atoms with Crippen molar-refractivity contribution in [3.8, 4) is 11.1 Å². The molecule has 2 nitrogen and oxygen atoms in total. The predicted octanol–water partition coefficient (Wildman–Crippen LogP) is 4.35. The quantitative estimate of drug-likeness (QED) is 0.837. The standard InChI is InChI=1S/C14H7F5O2/c15-11-5-7(1-3-9(11)13(20)21)8-2-4-10(12(16)6-8)14(17,18)19/h1-6H,(H,20,21). The van der Waals surface area contributed by atoms with Crippen molar-refractivity contribution in [2.45, 2.75) is 6.18 Å². The van der Waals surface area contributed by atoms with E-state index in [0.717, 1.165) is 18.2 Å². The fraction of sp³-hybridized carbons (Fsp3) is 0.0714. The van der Waals surface area contributed by atoms with Gasteiger partial charge in [0.2, 0.25) is 0 Å². The number of aromatic carboxylic acids is 1. The van der Waals surface area contributed by atoms with Gasteiger partial charge in [-0.25, -0.2) is 13.6 Å². The van der Waals surface area contributed by atoms with E-state index < -0.39 is 34.9 Å². The summed E-state index contributed by atoms with van der Waals surface area (Å²) >= 11 is 0. The molecule has 0 fully saturated rings. The smallest absolute Gasteiger partial charge is 0.419 e. The molecular formula is C14H7F5O2. The summed E-state index contributed by atoms with van der Waals surface area (Å²) in [5.74, 6) is -4.01. The second-order valence-electron chi connectivity index (χ2n) is 4.19. The predicted molar refractivity (Wildman–Crippen MR) is 63.8 cm³/mol. The highest BCUT2D eigenvalue weighted by atomic mass is 19.4. The third-order valence-corrected chi connectivity index (χ3v) is 2.81. The molecule has 2 aromatic rings. The van der Waals surface area contributed by atoms with Crippen LogP contribution in [0.5, 0.6) is 0 Å². The Bertz CT molecular complexity index is 707. The van der Waals surface area contributed by atoms with Crippen LogP contribution in [0.1, 0.15) is 15.9 Å². The minimum absolute atomic E-state index is 0.0105. The third kappa shape index (κ3) is 3.01. The van der Waals surface area contributed by atoms with Gasteiger partial charge in [-0.1, -0.05) is 12.1 Å². The molecule has 0 spiro atoms. The average Bonchev–Trinajstić information content (AvgIpc) is 2.36. The second-order valence-corrected chi connectivity index (χ2v) is 4.19. The molecule has 0 saturated carbocycles. The van der Waals surface area contributed by atoms with E-state index in [1.807, 2.05) is 0 Å². The molecule has 0 heterocycles. The van der Waals surface area contributed by atoms with Gasteiger partial charge in [0, 0.05) is 0 Å². The molecule has 2 aromatic carbocycles. The number of halogens is 5. The zero-order valence-corrected chi connectivity index (χ0v) is 10.2. The maximum atomic E-state index is 13.5. The Balaban J connectivity index is 2.46. The lowest BCUT2D eigenvalue weighted by atomic mass is 10.0. The molecule has 7 heteroatoms. The molecule has 2 rings (SSSR count). The Kier molecular flexibility index (Phi) is 3.67. The number of carboxylic acids is 1. The first-order valence-corrected chi connectivity index (χ1v) is 5.60. The number of benzene rings is 2. The molecule has 0 amide bonds. The van der Waals surface area contributed by atoms with Gasteiger partial charge in [-0.15, -0.1) is 0 Å². The number of alkyl halides is 3. The van der Waals surface area contributed by atoms with Crippen LogP contribution in [0.4, 0.5) is 22.0 Å². The minimum Gasteiger partial charge on any atom is -0.478 e. The largest absolute Gasteiger partial charge is 0.478 e. The number of carboxylic acid groups (broad SMARTS) is 1. The van der Waals surface area contributed by atoms with Crippen LogP contribution in [0, 0.1) is 11.6 Å². The summed E-state index contributed by atoms with van der Waals surface area (Å²) in [7, 11) is 0. The second kappa shape index (κ2) is 5.16. The molecule has 0 bridgehead atoms. The Hall–Kier alpha value is -2.44. The first-order valence-electron chi connectivity index (χ1n) is 5.60. The zero-order chi connectivity index (χ0) is 15.8. The molecule has 0 saturated heterocycles. The van der Waals surface area contributed by atoms with E-state index in [1.165, 1.54) is 6.07 Å². The van der Waals surface area contributed by atoms with E-state index in [1.54, 1.807) is 0 Å². The molecule has 0 atom stereocenters. The van der Waals surface area contributed by atoms with Crippen molar-refractivity contribution >= 4 is 5.97 Å². The van der Waals surface area contributed by atoms with Crippen LogP contribution in [-0.4, -0.2) is 11.1 Å². The lowest BCUT2D eigenvalue weighted by molar-refractivity contribution is -0.139. The Labute approximate surface area is 115 Å². The van der Waals surface area contributed by atoms with Gasteiger partial charge in [0.25, 0.3) is 0 Å². The van der Waals surface area contributed by atoms with Gasteiger partial charge in [-0.2, -0.15) is 13.2 Å². The summed E-state index contributed by atoms with van der Waals surface area (Å²) in [5, 5.41) is 8.67. The molecular weight excluding hydrogens is 295 g/mol. The maximum absolute atomic E-state index is 13.5. The normalized spacial score (nSPS) is 11.5. The van der Waals surface area contributed by atoms with Crippen LogP contribution in [-0.2, 0) is 6.18 Å². The summed E-state index contributed by atoms with van der Waals surface area (Å²) in [4.78, 5) is 10.7. The van der Waals surface area contributed by atoms with Gasteiger partial charge in [0.15, 0.2) is 0 Å². The summed E-state index contributed by atoms with van der Waals surface area (Å²) in [6, 6.07) is 5.13. The summed E-state index contributed by atoms with van der Waals surface area (Å²) < 4.78 is 64.2. The highest BCUT2D eigenvalue weighted by molar-refractivity contribution is 5.88. The van der Waals surface area contributed by atoms with Gasteiger partial charge in [0.1, 0.15) is 11.6 Å². The lowest BCUT2D eigenvalue weighted by Gasteiger charge is -2.10. The van der Waals surface area contributed by atoms with Gasteiger partial charge in [-0.05, 0) is 35.4 Å². The van der Waals surface area contributed by atoms with Gasteiger partial charge in [0.05, 0.1) is 11.1 Å². The molecule has 0 aliphatic heterocycles. The lowest BCUT2D eigenvalue weighted by Crippen LogP contribution is -2.07. The van der Waals surface area contributed by atoms with Crippen molar-refractivity contribution < 1.29 is 31.9 Å². The first-order chi connectivity index (χ1) is 9.70. The van der Waals surface area contributed by atoms with Crippen LogP contribution < -0.4 is 0 Å². The molecule has 0 unspecified atom stereocenters. The van der Waals surface area contributed by atoms with Crippen LogP contribution in [0.3, 0.4) is 0 Å². The monoisotopic (exact) mass is 302 g/mol. The number of rotatable bonds is 2. The summed E-state index contributed by atoms with van der Waals surface area (Å²) in [6.45, 7) is 0. The SMILES string of the molecule is O=C(O)c1ccc(-c2ccc(C(F)(F)F)c(F)c2)cc1F. The Morgan fingerprint density at radius 3 is 1.86 bits per heavy atom. The van der Waals surface area contributed by atoms with E-state index in [2.05, 4.69) is 0 Å². The van der Waals surface area contributed by atoms with Crippen molar-refractivity contribution in [2.24, 2.45) is 0 Å². The molecule has 0 aliphatic rings. The van der Waals surface area contributed by atoms with Crippen LogP contribution >= 0.6 is 0 Å². The topological polar surface area (TPSA) is 37.3 Å². The zero-order valence-electron chi connectivity index (χ0n) is 10.2. The van der Waals surface area contributed by atoms with E-state index in [-0.39, 0.29) is 11.1 Å². The fourth-order valence-electron chi connectivity index (χ4n) is 1.79. The van der Waals surface area contributed by atoms with E-state index in [4.69, 9.17) is 5.11 Å². The van der Waals surface area contributed by atoms with E-state index in [9.17, 15) is 26.7 Å². The average molecular weight is 302 g/mol. The van der Waals surface area contributed by atoms with E-state index >= 15 is 0 Å². The molecule has 110 valence electrons. The maximum Gasteiger partial charge on any atom is 0.419 e. The molecule has 21 heavy (non-hydrogen) atoms. The van der Waals surface area contributed by atoms with Crippen LogP contribution in [0.25, 0.3) is 11.1 Å². The van der Waals surface area contributed by atoms with Crippen molar-refractivity contribution in [3.63, 3.8) is 0 Å². The van der Waals surface area contributed by atoms with Crippen LogP contribution in [0.15, 0.2) is 36.4 Å². The third-order valence-electron chi connectivity index (χ3n) is 2.81. The van der Waals surface area contributed by atoms with Gasteiger partial charge < -0.3 is 5.11 Å². The van der Waals surface area contributed by atoms with Gasteiger partial charge in [-0.3, -0.25) is 0 Å². The Morgan fingerprint density at radius 2 is 1.43 bits per heavy atom.